The predicted octanol–water partition coefficient (Wildman–Crippen LogP) is 4.38. The lowest BCUT2D eigenvalue weighted by Crippen LogP contribution is -2.17. The third kappa shape index (κ3) is 3.48. The summed E-state index contributed by atoms with van der Waals surface area (Å²) in [6.07, 6.45) is 0. The van der Waals surface area contributed by atoms with Crippen LogP contribution in [-0.4, -0.2) is 11.9 Å². The lowest BCUT2D eigenvalue weighted by atomic mass is 10.1. The number of nitrogens with two attached hydrogens (primary N) is 1. The van der Waals surface area contributed by atoms with Crippen molar-refractivity contribution in [3.63, 3.8) is 0 Å². The van der Waals surface area contributed by atoms with Crippen LogP contribution in [0.3, 0.4) is 0 Å². The lowest BCUT2D eigenvalue weighted by Gasteiger charge is -2.18. The van der Waals surface area contributed by atoms with Crippen molar-refractivity contribution in [1.82, 2.24) is 4.90 Å². The van der Waals surface area contributed by atoms with E-state index in [1.54, 1.807) is 11.3 Å². The van der Waals surface area contributed by atoms with E-state index >= 15 is 0 Å². The molecule has 0 radical (unpaired) electrons. The van der Waals surface area contributed by atoms with Gasteiger partial charge in [-0.3, -0.25) is 4.90 Å². The highest BCUT2D eigenvalue weighted by Crippen LogP contribution is 2.26. The number of halogens is 2. The lowest BCUT2D eigenvalue weighted by molar-refractivity contribution is 0.322. The summed E-state index contributed by atoms with van der Waals surface area (Å²) in [5, 5.41) is 0. The highest BCUT2D eigenvalue weighted by atomic mass is 79.9. The fourth-order valence-electron chi connectivity index (χ4n) is 1.77. The zero-order chi connectivity index (χ0) is 13.1. The number of benzene rings is 1. The van der Waals surface area contributed by atoms with Crippen LogP contribution in [0, 0.1) is 0 Å². The van der Waals surface area contributed by atoms with Crippen LogP contribution in [0.25, 0.3) is 0 Å². The maximum absolute atomic E-state index is 5.99. The van der Waals surface area contributed by atoms with Crippen LogP contribution in [-0.2, 0) is 13.1 Å². The molecule has 2 rings (SSSR count). The van der Waals surface area contributed by atoms with Gasteiger partial charge < -0.3 is 5.73 Å². The maximum Gasteiger partial charge on any atom is 0.0931 e. The summed E-state index contributed by atoms with van der Waals surface area (Å²) in [7, 11) is 2.08. The van der Waals surface area contributed by atoms with Crippen molar-refractivity contribution in [3.8, 4) is 0 Å². The number of hydrogen-bond donors (Lipinski definition) is 1. The molecule has 1 aromatic heterocycles. The second kappa shape index (κ2) is 6.06. The van der Waals surface area contributed by atoms with Crippen LogP contribution in [0.5, 0.6) is 0 Å². The van der Waals surface area contributed by atoms with Gasteiger partial charge in [0.15, 0.2) is 0 Å². The molecule has 1 heterocycles. The quantitative estimate of drug-likeness (QED) is 0.833. The smallest absolute Gasteiger partial charge is 0.0931 e. The molecule has 0 bridgehead atoms. The monoisotopic (exact) mass is 344 g/mol. The molecule has 0 saturated heterocycles. The minimum atomic E-state index is 0.808. The van der Waals surface area contributed by atoms with Gasteiger partial charge in [0, 0.05) is 33.7 Å². The molecule has 96 valence electrons. The number of hydrogen-bond acceptors (Lipinski definition) is 3. The zero-order valence-electron chi connectivity index (χ0n) is 9.99. The summed E-state index contributed by atoms with van der Waals surface area (Å²) in [4.78, 5) is 3.48. The first-order valence-electron chi connectivity index (χ1n) is 5.52. The first-order chi connectivity index (χ1) is 8.56. The van der Waals surface area contributed by atoms with E-state index in [1.165, 1.54) is 4.88 Å². The predicted molar refractivity (Wildman–Crippen MR) is 83.1 cm³/mol. The van der Waals surface area contributed by atoms with Gasteiger partial charge in [0.2, 0.25) is 0 Å². The van der Waals surface area contributed by atoms with E-state index in [0.717, 1.165) is 33.1 Å². The summed E-state index contributed by atoms with van der Waals surface area (Å²) < 4.78 is 1.89. The van der Waals surface area contributed by atoms with Crippen LogP contribution in [0.1, 0.15) is 10.4 Å². The molecular formula is C13H14BrClN2S. The molecule has 0 unspecified atom stereocenters. The third-order valence-electron chi connectivity index (χ3n) is 2.64. The number of rotatable bonds is 4. The Hall–Kier alpha value is -0.550. The summed E-state index contributed by atoms with van der Waals surface area (Å²) in [6, 6.07) is 9.88. The highest BCUT2D eigenvalue weighted by Gasteiger charge is 2.09. The number of nitrogens with zero attached hydrogens (tertiary/aromatic N) is 1. The molecule has 0 saturated carbocycles. The Morgan fingerprint density at radius 1 is 1.28 bits per heavy atom. The molecule has 0 aliphatic carbocycles. The SMILES string of the molecule is CN(Cc1ccc(Cl)s1)Cc1c(N)cccc1Br. The summed E-state index contributed by atoms with van der Waals surface area (Å²) >= 11 is 11.1. The molecule has 0 aliphatic heterocycles. The molecule has 0 spiro atoms. The Labute approximate surface area is 124 Å². The van der Waals surface area contributed by atoms with E-state index < -0.39 is 0 Å². The molecule has 0 fully saturated rings. The van der Waals surface area contributed by atoms with Gasteiger partial charge in [-0.05, 0) is 31.3 Å². The van der Waals surface area contributed by atoms with Crippen molar-refractivity contribution in [1.29, 1.82) is 0 Å². The van der Waals surface area contributed by atoms with Gasteiger partial charge >= 0.3 is 0 Å². The zero-order valence-corrected chi connectivity index (χ0v) is 13.1. The Morgan fingerprint density at radius 2 is 2.06 bits per heavy atom. The van der Waals surface area contributed by atoms with E-state index in [9.17, 15) is 0 Å². The topological polar surface area (TPSA) is 29.3 Å². The maximum atomic E-state index is 5.99. The van der Waals surface area contributed by atoms with Crippen molar-refractivity contribution in [2.24, 2.45) is 0 Å². The van der Waals surface area contributed by atoms with Crippen molar-refractivity contribution in [3.05, 3.63) is 49.6 Å². The van der Waals surface area contributed by atoms with Gasteiger partial charge in [0.25, 0.3) is 0 Å². The molecule has 18 heavy (non-hydrogen) atoms. The van der Waals surface area contributed by atoms with Crippen LogP contribution in [0.15, 0.2) is 34.8 Å². The van der Waals surface area contributed by atoms with Gasteiger partial charge in [-0.1, -0.05) is 33.6 Å². The number of anilines is 1. The summed E-state index contributed by atoms with van der Waals surface area (Å²) in [6.45, 7) is 1.68. The van der Waals surface area contributed by atoms with Gasteiger partial charge in [0.1, 0.15) is 0 Å². The second-order valence-electron chi connectivity index (χ2n) is 4.19. The first-order valence-corrected chi connectivity index (χ1v) is 7.50. The molecule has 2 nitrogen and oxygen atoms in total. The highest BCUT2D eigenvalue weighted by molar-refractivity contribution is 9.10. The standard InChI is InChI=1S/C13H14BrClN2S/c1-17(7-9-5-6-13(15)18-9)8-10-11(14)3-2-4-12(10)16/h2-6H,7-8,16H2,1H3. The van der Waals surface area contributed by atoms with Crippen LogP contribution in [0.4, 0.5) is 5.69 Å². The molecule has 0 amide bonds. The van der Waals surface area contributed by atoms with Crippen LogP contribution in [0.2, 0.25) is 4.34 Å². The van der Waals surface area contributed by atoms with Crippen molar-refractivity contribution in [2.45, 2.75) is 13.1 Å². The Morgan fingerprint density at radius 3 is 2.67 bits per heavy atom. The molecule has 0 atom stereocenters. The minimum Gasteiger partial charge on any atom is -0.398 e. The molecule has 5 heteroatoms. The van der Waals surface area contributed by atoms with Crippen LogP contribution >= 0.6 is 38.9 Å². The van der Waals surface area contributed by atoms with Gasteiger partial charge in [0.05, 0.1) is 4.34 Å². The third-order valence-corrected chi connectivity index (χ3v) is 4.60. The molecule has 2 N–H and O–H groups in total. The summed E-state index contributed by atoms with van der Waals surface area (Å²) in [5.41, 5.74) is 7.94. The molecule has 0 aliphatic rings. The Bertz CT molecular complexity index is 521. The average molecular weight is 346 g/mol. The van der Waals surface area contributed by atoms with E-state index in [2.05, 4.69) is 33.9 Å². The van der Waals surface area contributed by atoms with Crippen molar-refractivity contribution >= 4 is 44.6 Å². The first kappa shape index (κ1) is 13.9. The van der Waals surface area contributed by atoms with E-state index in [4.69, 9.17) is 17.3 Å². The van der Waals surface area contributed by atoms with E-state index in [-0.39, 0.29) is 0 Å². The van der Waals surface area contributed by atoms with Crippen LogP contribution < -0.4 is 5.73 Å². The number of thiophene rings is 1. The van der Waals surface area contributed by atoms with E-state index in [0.29, 0.717) is 0 Å². The molecule has 2 aromatic rings. The van der Waals surface area contributed by atoms with Gasteiger partial charge in [-0.25, -0.2) is 0 Å². The Balaban J connectivity index is 2.05. The fraction of sp³-hybridized carbons (Fsp3) is 0.231. The largest absolute Gasteiger partial charge is 0.398 e. The fourth-order valence-corrected chi connectivity index (χ4v) is 3.45. The minimum absolute atomic E-state index is 0.808. The normalized spacial score (nSPS) is 11.1. The Kier molecular flexibility index (Phi) is 4.67. The molecular weight excluding hydrogens is 332 g/mol. The average Bonchev–Trinajstić information content (AvgIpc) is 2.69. The van der Waals surface area contributed by atoms with Gasteiger partial charge in [-0.15, -0.1) is 11.3 Å². The van der Waals surface area contributed by atoms with Gasteiger partial charge in [-0.2, -0.15) is 0 Å². The van der Waals surface area contributed by atoms with Crippen molar-refractivity contribution in [2.75, 3.05) is 12.8 Å². The molecule has 1 aromatic carbocycles. The second-order valence-corrected chi connectivity index (χ2v) is 6.84. The number of nitrogen functional groups attached to an aromatic ring is 1. The van der Waals surface area contributed by atoms with Crippen molar-refractivity contribution < 1.29 is 0 Å². The van der Waals surface area contributed by atoms with E-state index in [1.807, 2.05) is 24.3 Å². The summed E-state index contributed by atoms with van der Waals surface area (Å²) in [5.74, 6) is 0.